The first-order valence-electron chi connectivity index (χ1n) is 6.81. The molecule has 3 rings (SSSR count). The van der Waals surface area contributed by atoms with Gasteiger partial charge in [-0.25, -0.2) is 4.39 Å². The Kier molecular flexibility index (Phi) is 4.13. The lowest BCUT2D eigenvalue weighted by molar-refractivity contribution is 0.443. The van der Waals surface area contributed by atoms with Crippen LogP contribution >= 0.6 is 27.5 Å². The molecule has 2 atom stereocenters. The van der Waals surface area contributed by atoms with Gasteiger partial charge in [-0.2, -0.15) is 0 Å². The van der Waals surface area contributed by atoms with Gasteiger partial charge in [-0.3, -0.25) is 0 Å². The summed E-state index contributed by atoms with van der Waals surface area (Å²) in [5.74, 6) is 0.242. The lowest BCUT2D eigenvalue weighted by Crippen LogP contribution is -2.19. The van der Waals surface area contributed by atoms with Gasteiger partial charge < -0.3 is 0 Å². The highest BCUT2D eigenvalue weighted by atomic mass is 79.9. The van der Waals surface area contributed by atoms with Crippen LogP contribution in [0.25, 0.3) is 0 Å². The van der Waals surface area contributed by atoms with Crippen LogP contribution in [0.15, 0.2) is 42.5 Å². The molecular formula is C17H15BrClF. The molecule has 0 spiro atoms. The van der Waals surface area contributed by atoms with Crippen molar-refractivity contribution in [2.24, 2.45) is 5.92 Å². The second-order valence-electron chi connectivity index (χ2n) is 5.34. The number of alkyl halides is 1. The molecule has 0 bridgehead atoms. The molecule has 0 aromatic heterocycles. The molecule has 3 heteroatoms. The number of hydrogen-bond acceptors (Lipinski definition) is 0. The molecule has 20 heavy (non-hydrogen) atoms. The van der Waals surface area contributed by atoms with E-state index in [4.69, 9.17) is 11.6 Å². The highest BCUT2D eigenvalue weighted by Gasteiger charge is 2.28. The molecule has 1 aliphatic rings. The van der Waals surface area contributed by atoms with Crippen LogP contribution in [0.1, 0.15) is 27.9 Å². The second kappa shape index (κ2) is 5.87. The molecule has 0 N–H and O–H groups in total. The normalized spacial score (nSPS) is 21.6. The Bertz CT molecular complexity index is 626. The zero-order chi connectivity index (χ0) is 14.1. The fourth-order valence-electron chi connectivity index (χ4n) is 2.96. The maximum Gasteiger partial charge on any atom is 0.126 e. The zero-order valence-electron chi connectivity index (χ0n) is 11.0. The quantitative estimate of drug-likeness (QED) is 0.606. The van der Waals surface area contributed by atoms with Crippen molar-refractivity contribution >= 4 is 27.5 Å². The van der Waals surface area contributed by atoms with Crippen LogP contribution < -0.4 is 0 Å². The third-order valence-corrected chi connectivity index (χ3v) is 5.52. The van der Waals surface area contributed by atoms with E-state index < -0.39 is 0 Å². The SMILES string of the molecule is Fc1ccc(Cl)cc1CC1CCc2ccccc2C1Br. The minimum atomic E-state index is -0.159. The molecule has 0 saturated heterocycles. The first kappa shape index (κ1) is 14.1. The van der Waals surface area contributed by atoms with Gasteiger partial charge in [0, 0.05) is 9.85 Å². The van der Waals surface area contributed by atoms with Gasteiger partial charge in [0.2, 0.25) is 0 Å². The number of rotatable bonds is 2. The van der Waals surface area contributed by atoms with Gasteiger partial charge >= 0.3 is 0 Å². The van der Waals surface area contributed by atoms with E-state index in [1.54, 1.807) is 12.1 Å². The lowest BCUT2D eigenvalue weighted by Gasteiger charge is -2.30. The van der Waals surface area contributed by atoms with E-state index in [0.29, 0.717) is 16.5 Å². The first-order chi connectivity index (χ1) is 9.65. The summed E-state index contributed by atoms with van der Waals surface area (Å²) in [4.78, 5) is 0.283. The van der Waals surface area contributed by atoms with Crippen LogP contribution in [0.2, 0.25) is 5.02 Å². The molecule has 2 unspecified atom stereocenters. The molecule has 2 aromatic rings. The molecule has 0 nitrogen and oxygen atoms in total. The summed E-state index contributed by atoms with van der Waals surface area (Å²) in [5.41, 5.74) is 3.45. The van der Waals surface area contributed by atoms with Crippen molar-refractivity contribution in [2.45, 2.75) is 24.1 Å². The van der Waals surface area contributed by atoms with Crippen LogP contribution in [-0.4, -0.2) is 0 Å². The van der Waals surface area contributed by atoms with Crippen molar-refractivity contribution in [2.75, 3.05) is 0 Å². The third-order valence-electron chi connectivity index (χ3n) is 4.04. The molecule has 104 valence electrons. The molecule has 0 radical (unpaired) electrons. The van der Waals surface area contributed by atoms with Crippen molar-refractivity contribution in [3.63, 3.8) is 0 Å². The predicted molar refractivity (Wildman–Crippen MR) is 85.0 cm³/mol. The van der Waals surface area contributed by atoms with Gasteiger partial charge in [0.1, 0.15) is 5.82 Å². The Hall–Kier alpha value is -0.860. The van der Waals surface area contributed by atoms with E-state index in [2.05, 4.69) is 40.2 Å². The van der Waals surface area contributed by atoms with Crippen molar-refractivity contribution in [1.82, 2.24) is 0 Å². The molecule has 0 saturated carbocycles. The summed E-state index contributed by atoms with van der Waals surface area (Å²) in [6, 6.07) is 13.3. The topological polar surface area (TPSA) is 0 Å². The highest BCUT2D eigenvalue weighted by Crippen LogP contribution is 2.42. The number of halogens is 3. The Balaban J connectivity index is 1.84. The maximum atomic E-state index is 13.9. The predicted octanol–water partition coefficient (Wildman–Crippen LogP) is 5.72. The standard InChI is InChI=1S/C17H15BrClF/c18-17-12(6-5-11-3-1-2-4-15(11)17)9-13-10-14(19)7-8-16(13)20/h1-4,7-8,10,12,17H,5-6,9H2. The van der Waals surface area contributed by atoms with Gasteiger partial charge in [-0.15, -0.1) is 0 Å². The van der Waals surface area contributed by atoms with Crippen LogP contribution in [-0.2, 0) is 12.8 Å². The Morgan fingerprint density at radius 3 is 2.85 bits per heavy atom. The van der Waals surface area contributed by atoms with Crippen LogP contribution in [0.3, 0.4) is 0 Å². The molecular weight excluding hydrogens is 339 g/mol. The van der Waals surface area contributed by atoms with Gasteiger partial charge in [0.05, 0.1) is 0 Å². The van der Waals surface area contributed by atoms with Gasteiger partial charge in [-0.05, 0) is 60.1 Å². The van der Waals surface area contributed by atoms with Crippen LogP contribution in [0.5, 0.6) is 0 Å². The van der Waals surface area contributed by atoms with Crippen LogP contribution in [0.4, 0.5) is 4.39 Å². The average Bonchev–Trinajstić information content (AvgIpc) is 2.46. The van der Waals surface area contributed by atoms with Crippen molar-refractivity contribution in [3.8, 4) is 0 Å². The van der Waals surface area contributed by atoms with Crippen molar-refractivity contribution < 1.29 is 4.39 Å². The third kappa shape index (κ3) is 2.77. The minimum Gasteiger partial charge on any atom is -0.207 e. The summed E-state index contributed by atoms with van der Waals surface area (Å²) in [6.45, 7) is 0. The van der Waals surface area contributed by atoms with Gasteiger partial charge in [-0.1, -0.05) is 51.8 Å². The second-order valence-corrected chi connectivity index (χ2v) is 6.76. The van der Waals surface area contributed by atoms with E-state index in [1.165, 1.54) is 17.2 Å². The Morgan fingerprint density at radius 2 is 2.00 bits per heavy atom. The molecule has 0 aliphatic heterocycles. The molecule has 0 fully saturated rings. The highest BCUT2D eigenvalue weighted by molar-refractivity contribution is 9.09. The summed E-state index contributed by atoms with van der Waals surface area (Å²) >= 11 is 9.77. The van der Waals surface area contributed by atoms with E-state index in [0.717, 1.165) is 19.3 Å². The molecule has 1 aliphatic carbocycles. The van der Waals surface area contributed by atoms with Gasteiger partial charge in [0.25, 0.3) is 0 Å². The lowest BCUT2D eigenvalue weighted by atomic mass is 9.80. The average molecular weight is 354 g/mol. The monoisotopic (exact) mass is 352 g/mol. The van der Waals surface area contributed by atoms with Crippen LogP contribution in [0, 0.1) is 11.7 Å². The first-order valence-corrected chi connectivity index (χ1v) is 8.10. The fourth-order valence-corrected chi connectivity index (χ4v) is 4.05. The van der Waals surface area contributed by atoms with Crippen molar-refractivity contribution in [1.29, 1.82) is 0 Å². The summed E-state index contributed by atoms with van der Waals surface area (Å²) < 4.78 is 13.9. The summed E-state index contributed by atoms with van der Waals surface area (Å²) in [7, 11) is 0. The Morgan fingerprint density at radius 1 is 1.20 bits per heavy atom. The smallest absolute Gasteiger partial charge is 0.126 e. The summed E-state index contributed by atoms with van der Waals surface area (Å²) in [6.07, 6.45) is 2.85. The number of hydrogen-bond donors (Lipinski definition) is 0. The number of benzene rings is 2. The minimum absolute atomic E-state index is 0.159. The van der Waals surface area contributed by atoms with Gasteiger partial charge in [0.15, 0.2) is 0 Å². The molecule has 0 heterocycles. The van der Waals surface area contributed by atoms with Crippen molar-refractivity contribution in [3.05, 3.63) is 70.0 Å². The zero-order valence-corrected chi connectivity index (χ0v) is 13.3. The fraction of sp³-hybridized carbons (Fsp3) is 0.294. The Labute approximate surface area is 132 Å². The maximum absolute atomic E-state index is 13.9. The summed E-state index contributed by atoms with van der Waals surface area (Å²) in [5, 5.41) is 0.601. The van der Waals surface area contributed by atoms with E-state index >= 15 is 0 Å². The molecule has 0 amide bonds. The van der Waals surface area contributed by atoms with E-state index in [-0.39, 0.29) is 10.6 Å². The van der Waals surface area contributed by atoms with E-state index in [9.17, 15) is 4.39 Å². The largest absolute Gasteiger partial charge is 0.207 e. The number of aryl methyl sites for hydroxylation is 1. The molecule has 2 aromatic carbocycles. The number of fused-ring (bicyclic) bond motifs is 1. The van der Waals surface area contributed by atoms with E-state index in [1.807, 2.05) is 0 Å².